The molecule has 1 saturated heterocycles. The summed E-state index contributed by atoms with van der Waals surface area (Å²) in [5, 5.41) is 12.4. The Morgan fingerprint density at radius 2 is 1.95 bits per heavy atom. The number of hydrogen-bond acceptors (Lipinski definition) is 4. The Hall–Kier alpha value is -1.10. The highest BCUT2D eigenvalue weighted by atomic mass is 16.3. The molecule has 1 aromatic rings. The fourth-order valence-electron chi connectivity index (χ4n) is 2.78. The molecule has 1 fully saturated rings. The lowest BCUT2D eigenvalue weighted by Gasteiger charge is -2.37. The predicted molar refractivity (Wildman–Crippen MR) is 84.3 cm³/mol. The van der Waals surface area contributed by atoms with Crippen molar-refractivity contribution in [2.75, 3.05) is 50.8 Å². The molecule has 0 spiro atoms. The smallest absolute Gasteiger partial charge is 0.0558 e. The molecule has 0 aliphatic carbocycles. The summed E-state index contributed by atoms with van der Waals surface area (Å²) in [6.07, 6.45) is 0. The Morgan fingerprint density at radius 1 is 1.20 bits per heavy atom. The molecule has 0 atom stereocenters. The number of aryl methyl sites for hydroxylation is 1. The van der Waals surface area contributed by atoms with Crippen molar-refractivity contribution in [2.24, 2.45) is 0 Å². The number of rotatable bonds is 6. The van der Waals surface area contributed by atoms with Gasteiger partial charge < -0.3 is 15.3 Å². The summed E-state index contributed by atoms with van der Waals surface area (Å²) < 4.78 is 0. The Bertz CT molecular complexity index is 414. The predicted octanol–water partition coefficient (Wildman–Crippen LogP) is 1.22. The van der Waals surface area contributed by atoms with Crippen LogP contribution in [-0.2, 0) is 6.54 Å². The van der Waals surface area contributed by atoms with Crippen LogP contribution in [0.1, 0.15) is 18.1 Å². The van der Waals surface area contributed by atoms with Crippen molar-refractivity contribution >= 4 is 5.69 Å². The van der Waals surface area contributed by atoms with Gasteiger partial charge in [-0.3, -0.25) is 4.90 Å². The number of anilines is 1. The molecule has 1 aliphatic rings. The van der Waals surface area contributed by atoms with Crippen LogP contribution < -0.4 is 10.2 Å². The topological polar surface area (TPSA) is 38.7 Å². The van der Waals surface area contributed by atoms with Gasteiger partial charge in [-0.05, 0) is 25.1 Å². The van der Waals surface area contributed by atoms with Gasteiger partial charge in [0.05, 0.1) is 6.61 Å². The lowest BCUT2D eigenvalue weighted by molar-refractivity contribution is 0.188. The molecule has 2 N–H and O–H groups in total. The largest absolute Gasteiger partial charge is 0.395 e. The standard InChI is InChI=1S/C16H27N3O/c1-3-17-13-15-12-14(2)4-5-16(15)19-8-6-18(7-9-19)10-11-20/h4-5,12,17,20H,3,6-11,13H2,1-2H3. The molecule has 0 radical (unpaired) electrons. The van der Waals surface area contributed by atoms with Crippen LogP contribution in [0.5, 0.6) is 0 Å². The molecule has 1 aliphatic heterocycles. The maximum atomic E-state index is 9.01. The van der Waals surface area contributed by atoms with Crippen LogP contribution in [0.2, 0.25) is 0 Å². The number of aliphatic hydroxyl groups is 1. The van der Waals surface area contributed by atoms with Gasteiger partial charge in [0, 0.05) is 45.0 Å². The fourth-order valence-corrected chi connectivity index (χ4v) is 2.78. The highest BCUT2D eigenvalue weighted by Crippen LogP contribution is 2.23. The molecule has 1 aromatic carbocycles. The molecule has 0 saturated carbocycles. The second-order valence-electron chi connectivity index (χ2n) is 5.46. The third kappa shape index (κ3) is 3.95. The molecule has 0 aromatic heterocycles. The third-order valence-corrected chi connectivity index (χ3v) is 3.93. The van der Waals surface area contributed by atoms with E-state index < -0.39 is 0 Å². The maximum absolute atomic E-state index is 9.01. The van der Waals surface area contributed by atoms with Gasteiger partial charge in [-0.2, -0.15) is 0 Å². The Balaban J connectivity index is 2.04. The number of benzene rings is 1. The minimum absolute atomic E-state index is 0.260. The van der Waals surface area contributed by atoms with Crippen LogP contribution in [0.25, 0.3) is 0 Å². The third-order valence-electron chi connectivity index (χ3n) is 3.93. The van der Waals surface area contributed by atoms with Crippen molar-refractivity contribution in [3.05, 3.63) is 29.3 Å². The van der Waals surface area contributed by atoms with Crippen molar-refractivity contribution < 1.29 is 5.11 Å². The number of hydrogen-bond donors (Lipinski definition) is 2. The van der Waals surface area contributed by atoms with Gasteiger partial charge in [-0.25, -0.2) is 0 Å². The van der Waals surface area contributed by atoms with Crippen LogP contribution >= 0.6 is 0 Å². The SMILES string of the molecule is CCNCc1cc(C)ccc1N1CCN(CCO)CC1. The minimum atomic E-state index is 0.260. The highest BCUT2D eigenvalue weighted by molar-refractivity contribution is 5.55. The second kappa shape index (κ2) is 7.62. The zero-order valence-corrected chi connectivity index (χ0v) is 12.7. The van der Waals surface area contributed by atoms with Crippen molar-refractivity contribution in [3.63, 3.8) is 0 Å². The van der Waals surface area contributed by atoms with E-state index in [1.165, 1.54) is 16.8 Å². The van der Waals surface area contributed by atoms with E-state index in [1.54, 1.807) is 0 Å². The number of nitrogens with zero attached hydrogens (tertiary/aromatic N) is 2. The molecule has 4 heteroatoms. The number of β-amino-alcohol motifs (C(OH)–C–C–N with tert-alkyl or cyclic N) is 1. The van der Waals surface area contributed by atoms with E-state index in [2.05, 4.69) is 47.2 Å². The summed E-state index contributed by atoms with van der Waals surface area (Å²) in [5.41, 5.74) is 4.07. The summed E-state index contributed by atoms with van der Waals surface area (Å²) in [4.78, 5) is 4.80. The molecule has 0 amide bonds. The molecule has 20 heavy (non-hydrogen) atoms. The fraction of sp³-hybridized carbons (Fsp3) is 0.625. The Labute approximate surface area is 122 Å². The van der Waals surface area contributed by atoms with E-state index in [9.17, 15) is 0 Å². The van der Waals surface area contributed by atoms with E-state index >= 15 is 0 Å². The summed E-state index contributed by atoms with van der Waals surface area (Å²) in [6.45, 7) is 11.4. The maximum Gasteiger partial charge on any atom is 0.0558 e. The first-order valence-corrected chi connectivity index (χ1v) is 7.63. The molecular weight excluding hydrogens is 250 g/mol. The Kier molecular flexibility index (Phi) is 5.83. The number of piperazine rings is 1. The lowest BCUT2D eigenvalue weighted by atomic mass is 10.1. The minimum Gasteiger partial charge on any atom is -0.395 e. The van der Waals surface area contributed by atoms with Crippen molar-refractivity contribution in [1.29, 1.82) is 0 Å². The van der Waals surface area contributed by atoms with Gasteiger partial charge in [-0.1, -0.05) is 24.6 Å². The van der Waals surface area contributed by atoms with Crippen LogP contribution in [0, 0.1) is 6.92 Å². The summed E-state index contributed by atoms with van der Waals surface area (Å²) >= 11 is 0. The first kappa shape index (κ1) is 15.3. The van der Waals surface area contributed by atoms with Crippen molar-refractivity contribution in [2.45, 2.75) is 20.4 Å². The molecule has 0 bridgehead atoms. The van der Waals surface area contributed by atoms with E-state index in [0.717, 1.165) is 45.8 Å². The van der Waals surface area contributed by atoms with Gasteiger partial charge in [0.1, 0.15) is 0 Å². The summed E-state index contributed by atoms with van der Waals surface area (Å²) in [6, 6.07) is 6.74. The second-order valence-corrected chi connectivity index (χ2v) is 5.46. The molecule has 4 nitrogen and oxygen atoms in total. The highest BCUT2D eigenvalue weighted by Gasteiger charge is 2.18. The van der Waals surface area contributed by atoms with E-state index in [0.29, 0.717) is 0 Å². The van der Waals surface area contributed by atoms with E-state index in [4.69, 9.17) is 5.11 Å². The monoisotopic (exact) mass is 277 g/mol. The molecule has 2 rings (SSSR count). The van der Waals surface area contributed by atoms with Crippen LogP contribution in [0.3, 0.4) is 0 Å². The van der Waals surface area contributed by atoms with Crippen LogP contribution in [0.15, 0.2) is 18.2 Å². The molecule has 0 unspecified atom stereocenters. The van der Waals surface area contributed by atoms with E-state index in [-0.39, 0.29) is 6.61 Å². The van der Waals surface area contributed by atoms with Crippen molar-refractivity contribution in [1.82, 2.24) is 10.2 Å². The lowest BCUT2D eigenvalue weighted by Crippen LogP contribution is -2.47. The summed E-state index contributed by atoms with van der Waals surface area (Å²) in [5.74, 6) is 0. The van der Waals surface area contributed by atoms with E-state index in [1.807, 2.05) is 0 Å². The molecular formula is C16H27N3O. The van der Waals surface area contributed by atoms with Crippen molar-refractivity contribution in [3.8, 4) is 0 Å². The first-order chi connectivity index (χ1) is 9.74. The zero-order chi connectivity index (χ0) is 14.4. The van der Waals surface area contributed by atoms with Gasteiger partial charge in [0.2, 0.25) is 0 Å². The molecule has 112 valence electrons. The Morgan fingerprint density at radius 3 is 2.60 bits per heavy atom. The number of aliphatic hydroxyl groups excluding tert-OH is 1. The van der Waals surface area contributed by atoms with Gasteiger partial charge in [-0.15, -0.1) is 0 Å². The summed E-state index contributed by atoms with van der Waals surface area (Å²) in [7, 11) is 0. The first-order valence-electron chi connectivity index (χ1n) is 7.63. The number of nitrogens with one attached hydrogen (secondary N) is 1. The molecule has 1 heterocycles. The van der Waals surface area contributed by atoms with Gasteiger partial charge in [0.15, 0.2) is 0 Å². The van der Waals surface area contributed by atoms with Crippen LogP contribution in [-0.4, -0.2) is 55.9 Å². The van der Waals surface area contributed by atoms with Gasteiger partial charge in [0.25, 0.3) is 0 Å². The average Bonchev–Trinajstić information content (AvgIpc) is 2.47. The van der Waals surface area contributed by atoms with Gasteiger partial charge >= 0.3 is 0 Å². The average molecular weight is 277 g/mol. The quantitative estimate of drug-likeness (QED) is 0.820. The normalized spacial score (nSPS) is 16.6. The van der Waals surface area contributed by atoms with Crippen LogP contribution in [0.4, 0.5) is 5.69 Å². The zero-order valence-electron chi connectivity index (χ0n) is 12.7.